The molecule has 0 aliphatic heterocycles. The van der Waals surface area contributed by atoms with Gasteiger partial charge in [-0.1, -0.05) is 117 Å². The summed E-state index contributed by atoms with van der Waals surface area (Å²) in [5, 5.41) is 28.9. The molecule has 0 spiro atoms. The summed E-state index contributed by atoms with van der Waals surface area (Å²) < 4.78 is 21.4. The molecule has 0 aromatic rings. The van der Waals surface area contributed by atoms with E-state index in [9.17, 15) is 29.4 Å². The molecule has 12 heteroatoms. The molecule has 3 N–H and O–H groups in total. The van der Waals surface area contributed by atoms with Gasteiger partial charge in [-0.25, -0.2) is 0 Å². The van der Waals surface area contributed by atoms with Crippen LogP contribution in [0.15, 0.2) is 11.6 Å². The summed E-state index contributed by atoms with van der Waals surface area (Å²) in [6.45, 7) is 19.0. The fourth-order valence-electron chi connectivity index (χ4n) is 12.4. The molecule has 0 saturated heterocycles. The molecule has 4 aliphatic rings. The lowest BCUT2D eigenvalue weighted by molar-refractivity contribution is -0.233. The largest absolute Gasteiger partial charge is 0.469 e. The third-order valence-corrected chi connectivity index (χ3v) is 16.9. The van der Waals surface area contributed by atoms with E-state index in [0.717, 1.165) is 115 Å². The van der Waals surface area contributed by atoms with Gasteiger partial charge in [0.2, 0.25) is 5.91 Å². The Hall–Kier alpha value is -2.38. The predicted octanol–water partition coefficient (Wildman–Crippen LogP) is 13.1. The number of nitrogens with zero attached hydrogens (tertiary/aromatic N) is 1. The van der Waals surface area contributed by atoms with E-state index in [4.69, 9.17) is 24.1 Å². The highest BCUT2D eigenvalue weighted by molar-refractivity contribution is 5.85. The van der Waals surface area contributed by atoms with Gasteiger partial charge in [-0.15, -0.1) is 0 Å². The molecule has 10 unspecified atom stereocenters. The summed E-state index contributed by atoms with van der Waals surface area (Å²) in [5.74, 6) is 2.56. The van der Waals surface area contributed by atoms with Crippen LogP contribution in [-0.2, 0) is 38.1 Å². The zero-order valence-electron chi connectivity index (χ0n) is 48.7. The van der Waals surface area contributed by atoms with Crippen LogP contribution in [0.5, 0.6) is 0 Å². The number of esters is 2. The van der Waals surface area contributed by atoms with Crippen molar-refractivity contribution in [2.75, 3.05) is 47.6 Å². The Bertz CT molecular complexity index is 1470. The second-order valence-electron chi connectivity index (χ2n) is 22.2. The summed E-state index contributed by atoms with van der Waals surface area (Å²) in [5.41, 5.74) is 1.16. The number of carbonyl (C=O) groups is 4. The van der Waals surface area contributed by atoms with Crippen molar-refractivity contribution in [1.82, 2.24) is 4.90 Å². The van der Waals surface area contributed by atoms with Gasteiger partial charge >= 0.3 is 11.9 Å². The molecule has 10 atom stereocenters. The molecule has 0 radical (unpaired) electrons. The van der Waals surface area contributed by atoms with E-state index in [1.165, 1.54) is 71.3 Å². The number of rotatable bonds is 31. The van der Waals surface area contributed by atoms with Gasteiger partial charge in [0.25, 0.3) is 0 Å². The topological polar surface area (TPSA) is 169 Å². The number of ketones is 1. The molecule has 0 heterocycles. The molecule has 4 rings (SSSR count). The van der Waals surface area contributed by atoms with Crippen molar-refractivity contribution in [1.29, 1.82) is 0 Å². The summed E-state index contributed by atoms with van der Waals surface area (Å²) >= 11 is 0. The molecular weight excluding hydrogens is 923 g/mol. The van der Waals surface area contributed by atoms with Crippen LogP contribution in [0, 0.1) is 47.3 Å². The number of ether oxygens (including phenoxy) is 4. The van der Waals surface area contributed by atoms with Gasteiger partial charge < -0.3 is 39.2 Å². The molecule has 0 bridgehead atoms. The summed E-state index contributed by atoms with van der Waals surface area (Å²) in [6, 6.07) is 0. The Morgan fingerprint density at radius 3 is 1.66 bits per heavy atom. The van der Waals surface area contributed by atoms with Crippen molar-refractivity contribution < 1.29 is 53.4 Å². The van der Waals surface area contributed by atoms with Gasteiger partial charge in [-0.3, -0.25) is 19.2 Å². The number of hydrogen-bond acceptors (Lipinski definition) is 11. The Kier molecular flexibility index (Phi) is 38.4. The lowest BCUT2D eigenvalue weighted by atomic mass is 9.85. The van der Waals surface area contributed by atoms with Gasteiger partial charge in [-0.2, -0.15) is 0 Å². The third-order valence-electron chi connectivity index (χ3n) is 16.9. The molecule has 12 nitrogen and oxygen atoms in total. The van der Waals surface area contributed by atoms with Crippen molar-refractivity contribution in [3.8, 4) is 0 Å². The normalized spacial score (nSPS) is 25.9. The van der Waals surface area contributed by atoms with Crippen molar-refractivity contribution in [2.45, 2.75) is 260 Å². The average molecular weight is 1040 g/mol. The first-order chi connectivity index (χ1) is 35.1. The number of amides is 1. The maximum Gasteiger partial charge on any atom is 0.306 e. The van der Waals surface area contributed by atoms with E-state index >= 15 is 0 Å². The standard InChI is InChI=1S/C17H30O3.C16H29NO2.C15H28O4.C13H26O2/c1-4-5-6-7-15-14(8-9-16(15)18)12-17(19)20-11-10-13(2)3;1-4-7-8-9-14-13(10-11-15(14)18)12-16(19)17(5-2)6-3;1-5-6-7-8-13-12(11-14(16)17-2)9-10-15(13,18-3)19-4;1-2-3-4-5-6-12-11(9-10-14)7-8-13(12)15/h10,14-16,18H,4-9,11-12H2,1-3H3;13-14H,4-12H2,1-3H3;12-13H,5-11H2,1-4H3;11-15H,2-10H2,1H3. The van der Waals surface area contributed by atoms with E-state index in [1.54, 1.807) is 14.2 Å². The molecule has 0 aromatic heterocycles. The Morgan fingerprint density at radius 2 is 1.12 bits per heavy atom. The van der Waals surface area contributed by atoms with E-state index in [1.807, 2.05) is 38.7 Å². The maximum atomic E-state index is 12.2. The van der Waals surface area contributed by atoms with Crippen LogP contribution in [0.4, 0.5) is 0 Å². The maximum absolute atomic E-state index is 12.2. The average Bonchev–Trinajstić information content (AvgIpc) is 4.12. The quantitative estimate of drug-likeness (QED) is 0.0261. The van der Waals surface area contributed by atoms with Crippen LogP contribution < -0.4 is 0 Å². The molecule has 4 saturated carbocycles. The zero-order valence-corrected chi connectivity index (χ0v) is 48.7. The number of methoxy groups -OCH3 is 3. The Labute approximate surface area is 446 Å². The second kappa shape index (κ2) is 40.8. The minimum absolute atomic E-state index is 0.0943. The lowest BCUT2D eigenvalue weighted by Gasteiger charge is -2.35. The fraction of sp³-hybridized carbons (Fsp3) is 0.902. The van der Waals surface area contributed by atoms with Gasteiger partial charge in [0.1, 0.15) is 12.4 Å². The minimum Gasteiger partial charge on any atom is -0.469 e. The van der Waals surface area contributed by atoms with Crippen LogP contribution in [0.1, 0.15) is 242 Å². The molecule has 428 valence electrons. The smallest absolute Gasteiger partial charge is 0.306 e. The SMILES string of the molecule is CCCCCC1C(=O)CCC1CC(=O)N(CC)CC.CCCCCC1C(CC(=O)OC)CCC1(OC)OC.CCCCCC1C(O)CCC1CC(=O)OCC=C(C)C.CCCCCCC1C(O)CCC1CCO. The van der Waals surface area contributed by atoms with Crippen molar-refractivity contribution in [3.63, 3.8) is 0 Å². The van der Waals surface area contributed by atoms with E-state index in [2.05, 4.69) is 27.7 Å². The van der Waals surface area contributed by atoms with Crippen molar-refractivity contribution in [2.24, 2.45) is 47.3 Å². The zero-order chi connectivity index (χ0) is 54.6. The van der Waals surface area contributed by atoms with Gasteiger partial charge in [0.15, 0.2) is 5.79 Å². The first-order valence-electron chi connectivity index (χ1n) is 29.8. The Morgan fingerprint density at radius 1 is 0.603 bits per heavy atom. The highest BCUT2D eigenvalue weighted by atomic mass is 16.7. The number of unbranched alkanes of at least 4 members (excludes halogenated alkanes) is 9. The summed E-state index contributed by atoms with van der Waals surface area (Å²) in [7, 11) is 4.86. The molecule has 4 aliphatic carbocycles. The minimum atomic E-state index is -0.508. The van der Waals surface area contributed by atoms with Gasteiger partial charge in [-0.05, 0) is 140 Å². The summed E-state index contributed by atoms with van der Waals surface area (Å²) in [4.78, 5) is 49.3. The monoisotopic (exact) mass is 1040 g/mol. The van der Waals surface area contributed by atoms with Crippen molar-refractivity contribution in [3.05, 3.63) is 11.6 Å². The second-order valence-corrected chi connectivity index (χ2v) is 22.2. The van der Waals surface area contributed by atoms with E-state index < -0.39 is 5.79 Å². The number of aliphatic hydroxyl groups excluding tert-OH is 3. The molecule has 73 heavy (non-hydrogen) atoms. The molecule has 4 fully saturated rings. The highest BCUT2D eigenvalue weighted by Crippen LogP contribution is 2.47. The van der Waals surface area contributed by atoms with E-state index in [0.29, 0.717) is 67.7 Å². The van der Waals surface area contributed by atoms with Crippen LogP contribution in [-0.4, -0.2) is 109 Å². The summed E-state index contributed by atoms with van der Waals surface area (Å²) in [6.07, 6.45) is 31.3. The molecule has 0 aromatic carbocycles. The van der Waals surface area contributed by atoms with Gasteiger partial charge in [0.05, 0.1) is 19.3 Å². The first kappa shape index (κ1) is 68.6. The fourth-order valence-corrected chi connectivity index (χ4v) is 12.4. The van der Waals surface area contributed by atoms with Crippen molar-refractivity contribution >= 4 is 23.6 Å². The van der Waals surface area contributed by atoms with Gasteiger partial charge in [0, 0.05) is 77.9 Å². The van der Waals surface area contributed by atoms with Crippen LogP contribution in [0.25, 0.3) is 0 Å². The number of carbonyl (C=O) groups excluding carboxylic acids is 4. The number of allylic oxidation sites excluding steroid dienone is 1. The number of Topliss-reactive ketones (excluding diaryl/α,β-unsaturated/α-hetero) is 1. The molecular formula is C61H113NO11. The Balaban J connectivity index is 0.000000489. The third kappa shape index (κ3) is 26.0. The highest BCUT2D eigenvalue weighted by Gasteiger charge is 2.49. The lowest BCUT2D eigenvalue weighted by Crippen LogP contribution is -2.40. The van der Waals surface area contributed by atoms with E-state index in [-0.39, 0.29) is 54.4 Å². The van der Waals surface area contributed by atoms with Crippen LogP contribution >= 0.6 is 0 Å². The number of aliphatic hydroxyl groups is 3. The molecule has 1 amide bonds. The first-order valence-corrected chi connectivity index (χ1v) is 29.8. The van der Waals surface area contributed by atoms with Crippen LogP contribution in [0.2, 0.25) is 0 Å². The number of hydrogen-bond donors (Lipinski definition) is 3. The predicted molar refractivity (Wildman–Crippen MR) is 296 cm³/mol. The van der Waals surface area contributed by atoms with Crippen LogP contribution in [0.3, 0.4) is 0 Å².